The zero-order chi connectivity index (χ0) is 20.9. The lowest BCUT2D eigenvalue weighted by atomic mass is 10.1. The number of hydrogen-bond donors (Lipinski definition) is 1. The number of carbonyl (C=O) groups excluding carboxylic acids is 1. The zero-order valence-corrected chi connectivity index (χ0v) is 15.3. The first-order valence-electron chi connectivity index (χ1n) is 8.53. The summed E-state index contributed by atoms with van der Waals surface area (Å²) in [5.74, 6) is 0.165. The predicted molar refractivity (Wildman–Crippen MR) is 97.6 cm³/mol. The minimum atomic E-state index is -4.73. The lowest BCUT2D eigenvalue weighted by molar-refractivity contribution is -0.274. The standard InChI is InChI=1S/C19H17F3N4O3/c1-28-18(27)23-11-10-13-2-4-14(5-3-13)17-24-12-26(25-17)15-6-8-16(9-7-15)29-19(20,21)22/h2-9,12H,10-11H2,1H3,(H,23,27). The third-order valence-electron chi connectivity index (χ3n) is 3.91. The summed E-state index contributed by atoms with van der Waals surface area (Å²) in [5, 5.41) is 6.95. The van der Waals surface area contributed by atoms with Gasteiger partial charge in [0.05, 0.1) is 12.8 Å². The zero-order valence-electron chi connectivity index (χ0n) is 15.3. The van der Waals surface area contributed by atoms with Crippen LogP contribution < -0.4 is 10.1 Å². The SMILES string of the molecule is COC(=O)NCCc1ccc(-c2ncn(-c3ccc(OC(F)(F)F)cc3)n2)cc1. The molecule has 29 heavy (non-hydrogen) atoms. The average Bonchev–Trinajstić information content (AvgIpc) is 3.18. The number of amides is 1. The van der Waals surface area contributed by atoms with E-state index in [2.05, 4.69) is 24.9 Å². The molecule has 3 aromatic rings. The maximum atomic E-state index is 12.2. The molecule has 2 aromatic carbocycles. The van der Waals surface area contributed by atoms with E-state index in [0.717, 1.165) is 11.1 Å². The van der Waals surface area contributed by atoms with Gasteiger partial charge < -0.3 is 14.8 Å². The number of alkyl halides is 3. The van der Waals surface area contributed by atoms with Crippen molar-refractivity contribution < 1.29 is 27.4 Å². The molecule has 0 spiro atoms. The molecule has 152 valence electrons. The van der Waals surface area contributed by atoms with Gasteiger partial charge in [0, 0.05) is 12.1 Å². The summed E-state index contributed by atoms with van der Waals surface area (Å²) in [6.07, 6.45) is -3.09. The molecule has 1 aromatic heterocycles. The van der Waals surface area contributed by atoms with Crippen molar-refractivity contribution >= 4 is 6.09 Å². The Morgan fingerprint density at radius 1 is 1.10 bits per heavy atom. The summed E-state index contributed by atoms with van der Waals surface area (Å²) in [5.41, 5.74) is 2.35. The first-order chi connectivity index (χ1) is 13.8. The van der Waals surface area contributed by atoms with Crippen LogP contribution >= 0.6 is 0 Å². The van der Waals surface area contributed by atoms with Gasteiger partial charge in [0.25, 0.3) is 0 Å². The van der Waals surface area contributed by atoms with E-state index in [-0.39, 0.29) is 5.75 Å². The van der Waals surface area contributed by atoms with E-state index < -0.39 is 12.5 Å². The highest BCUT2D eigenvalue weighted by atomic mass is 19.4. The minimum Gasteiger partial charge on any atom is -0.453 e. The molecular weight excluding hydrogens is 389 g/mol. The van der Waals surface area contributed by atoms with Gasteiger partial charge in [-0.3, -0.25) is 0 Å². The molecule has 0 saturated carbocycles. The summed E-state index contributed by atoms with van der Waals surface area (Å²) in [4.78, 5) is 15.3. The second kappa shape index (κ2) is 8.63. The molecule has 7 nitrogen and oxygen atoms in total. The van der Waals surface area contributed by atoms with E-state index in [1.54, 1.807) is 0 Å². The second-order valence-corrected chi connectivity index (χ2v) is 5.92. The number of nitrogens with zero attached hydrogens (tertiary/aromatic N) is 3. The van der Waals surface area contributed by atoms with Crippen LogP contribution in [0.1, 0.15) is 5.56 Å². The third kappa shape index (κ3) is 5.71. The van der Waals surface area contributed by atoms with Gasteiger partial charge in [0.15, 0.2) is 5.82 Å². The smallest absolute Gasteiger partial charge is 0.453 e. The Balaban J connectivity index is 1.64. The Bertz CT molecular complexity index is 954. The third-order valence-corrected chi connectivity index (χ3v) is 3.91. The number of carbonyl (C=O) groups is 1. The number of benzene rings is 2. The molecule has 1 amide bonds. The van der Waals surface area contributed by atoms with Crippen LogP contribution in [0.2, 0.25) is 0 Å². The number of nitrogens with one attached hydrogen (secondary N) is 1. The van der Waals surface area contributed by atoms with Crippen molar-refractivity contribution in [1.29, 1.82) is 0 Å². The van der Waals surface area contributed by atoms with Gasteiger partial charge in [0.1, 0.15) is 12.1 Å². The number of methoxy groups -OCH3 is 1. The quantitative estimate of drug-likeness (QED) is 0.675. The number of ether oxygens (including phenoxy) is 2. The highest BCUT2D eigenvalue weighted by molar-refractivity contribution is 5.66. The molecule has 1 heterocycles. The molecule has 0 unspecified atom stereocenters. The number of aromatic nitrogens is 3. The van der Waals surface area contributed by atoms with Crippen LogP contribution in [0.15, 0.2) is 54.9 Å². The van der Waals surface area contributed by atoms with Crippen LogP contribution in [-0.2, 0) is 11.2 Å². The van der Waals surface area contributed by atoms with Gasteiger partial charge in [-0.15, -0.1) is 18.3 Å². The predicted octanol–water partition coefficient (Wildman–Crippen LogP) is 3.73. The summed E-state index contributed by atoms with van der Waals surface area (Å²) in [7, 11) is 1.31. The molecule has 0 aliphatic heterocycles. The molecule has 0 radical (unpaired) electrons. The van der Waals surface area contributed by atoms with Crippen molar-refractivity contribution in [2.45, 2.75) is 12.8 Å². The minimum absolute atomic E-state index is 0.307. The van der Waals surface area contributed by atoms with E-state index in [1.165, 1.54) is 42.4 Å². The average molecular weight is 406 g/mol. The van der Waals surface area contributed by atoms with E-state index in [4.69, 9.17) is 0 Å². The Morgan fingerprint density at radius 3 is 2.41 bits per heavy atom. The normalized spacial score (nSPS) is 11.2. The Morgan fingerprint density at radius 2 is 1.79 bits per heavy atom. The molecule has 0 aliphatic rings. The first kappa shape index (κ1) is 20.2. The van der Waals surface area contributed by atoms with Crippen molar-refractivity contribution in [1.82, 2.24) is 20.1 Å². The van der Waals surface area contributed by atoms with Gasteiger partial charge in [-0.2, -0.15) is 0 Å². The molecule has 0 aliphatic carbocycles. The van der Waals surface area contributed by atoms with Crippen molar-refractivity contribution in [2.75, 3.05) is 13.7 Å². The van der Waals surface area contributed by atoms with E-state index in [0.29, 0.717) is 24.5 Å². The summed E-state index contributed by atoms with van der Waals surface area (Å²) in [6.45, 7) is 0.451. The fraction of sp³-hybridized carbons (Fsp3) is 0.211. The number of halogens is 3. The topological polar surface area (TPSA) is 78.3 Å². The lowest BCUT2D eigenvalue weighted by Gasteiger charge is -2.09. The van der Waals surface area contributed by atoms with Crippen molar-refractivity contribution in [3.8, 4) is 22.8 Å². The lowest BCUT2D eigenvalue weighted by Crippen LogP contribution is -2.25. The van der Waals surface area contributed by atoms with Crippen LogP contribution in [0, 0.1) is 0 Å². The highest BCUT2D eigenvalue weighted by Crippen LogP contribution is 2.24. The number of hydrogen-bond acceptors (Lipinski definition) is 5. The monoisotopic (exact) mass is 406 g/mol. The van der Waals surface area contributed by atoms with Crippen LogP contribution in [0.5, 0.6) is 5.75 Å². The highest BCUT2D eigenvalue weighted by Gasteiger charge is 2.30. The molecule has 0 atom stereocenters. The van der Waals surface area contributed by atoms with Gasteiger partial charge >= 0.3 is 12.5 Å². The van der Waals surface area contributed by atoms with Gasteiger partial charge in [-0.05, 0) is 36.2 Å². The Kier molecular flexibility index (Phi) is 6.01. The summed E-state index contributed by atoms with van der Waals surface area (Å²) >= 11 is 0. The molecular formula is C19H17F3N4O3. The molecule has 0 bridgehead atoms. The molecule has 0 fully saturated rings. The van der Waals surface area contributed by atoms with Crippen LogP contribution in [0.4, 0.5) is 18.0 Å². The van der Waals surface area contributed by atoms with E-state index >= 15 is 0 Å². The largest absolute Gasteiger partial charge is 0.573 e. The van der Waals surface area contributed by atoms with Crippen molar-refractivity contribution in [3.05, 3.63) is 60.4 Å². The van der Waals surface area contributed by atoms with Crippen LogP contribution in [0.3, 0.4) is 0 Å². The number of alkyl carbamates (subject to hydrolysis) is 1. The maximum Gasteiger partial charge on any atom is 0.573 e. The van der Waals surface area contributed by atoms with Crippen LogP contribution in [-0.4, -0.2) is 40.9 Å². The molecule has 1 N–H and O–H groups in total. The van der Waals surface area contributed by atoms with Crippen LogP contribution in [0.25, 0.3) is 17.1 Å². The first-order valence-corrected chi connectivity index (χ1v) is 8.53. The Labute approximate surface area is 164 Å². The Hall–Kier alpha value is -3.56. The van der Waals surface area contributed by atoms with Crippen molar-refractivity contribution in [2.24, 2.45) is 0 Å². The van der Waals surface area contributed by atoms with E-state index in [9.17, 15) is 18.0 Å². The number of rotatable bonds is 6. The molecule has 10 heteroatoms. The fourth-order valence-electron chi connectivity index (χ4n) is 2.52. The van der Waals surface area contributed by atoms with E-state index in [1.807, 2.05) is 24.3 Å². The van der Waals surface area contributed by atoms with Gasteiger partial charge in [-0.25, -0.2) is 14.5 Å². The molecule has 3 rings (SSSR count). The second-order valence-electron chi connectivity index (χ2n) is 5.92. The summed E-state index contributed by atoms with van der Waals surface area (Å²) < 4.78 is 46.5. The van der Waals surface area contributed by atoms with Crippen molar-refractivity contribution in [3.63, 3.8) is 0 Å². The van der Waals surface area contributed by atoms with Gasteiger partial charge in [-0.1, -0.05) is 24.3 Å². The molecule has 0 saturated heterocycles. The summed E-state index contributed by atoms with van der Waals surface area (Å²) in [6, 6.07) is 12.8. The maximum absolute atomic E-state index is 12.2. The van der Waals surface area contributed by atoms with Gasteiger partial charge in [0.2, 0.25) is 0 Å². The fourth-order valence-corrected chi connectivity index (χ4v) is 2.52.